The molecular formula is C12H24N2OS. The zero-order chi connectivity index (χ0) is 12.1. The Labute approximate surface area is 103 Å². The van der Waals surface area contributed by atoms with E-state index in [-0.39, 0.29) is 6.04 Å². The summed E-state index contributed by atoms with van der Waals surface area (Å²) < 4.78 is 0. The molecule has 1 fully saturated rings. The smallest absolute Gasteiger partial charge is 0.239 e. The second-order valence-electron chi connectivity index (χ2n) is 4.82. The highest BCUT2D eigenvalue weighted by molar-refractivity contribution is 7.99. The van der Waals surface area contributed by atoms with Crippen LogP contribution in [0.2, 0.25) is 0 Å². The van der Waals surface area contributed by atoms with Crippen molar-refractivity contribution in [3.63, 3.8) is 0 Å². The summed E-state index contributed by atoms with van der Waals surface area (Å²) in [5.74, 6) is 0.294. The highest BCUT2D eigenvalue weighted by Gasteiger charge is 2.31. The van der Waals surface area contributed by atoms with Gasteiger partial charge in [-0.2, -0.15) is 11.8 Å². The van der Waals surface area contributed by atoms with E-state index in [2.05, 4.69) is 32.3 Å². The first-order valence-electron chi connectivity index (χ1n) is 6.12. The Morgan fingerprint density at radius 3 is 2.75 bits per heavy atom. The lowest BCUT2D eigenvalue weighted by Crippen LogP contribution is -2.41. The number of carbonyl (C=O) groups excluding carboxylic acids is 1. The molecule has 1 saturated heterocycles. The van der Waals surface area contributed by atoms with Gasteiger partial charge < -0.3 is 10.2 Å². The first-order valence-corrected chi connectivity index (χ1v) is 7.41. The molecule has 4 heteroatoms. The molecule has 3 nitrogen and oxygen atoms in total. The fraction of sp³-hybridized carbons (Fsp3) is 0.917. The van der Waals surface area contributed by atoms with Crippen molar-refractivity contribution in [2.75, 3.05) is 19.3 Å². The summed E-state index contributed by atoms with van der Waals surface area (Å²) in [6.07, 6.45) is 4.19. The van der Waals surface area contributed by atoms with Crippen LogP contribution in [0.4, 0.5) is 0 Å². The Hall–Kier alpha value is -0.220. The molecule has 0 aliphatic carbocycles. The van der Waals surface area contributed by atoms with Crippen LogP contribution in [0, 0.1) is 0 Å². The number of carbonyl (C=O) groups is 1. The molecule has 94 valence electrons. The minimum absolute atomic E-state index is 0.0598. The lowest BCUT2D eigenvalue weighted by atomic mass is 10.2. The molecule has 0 radical (unpaired) electrons. The minimum Gasteiger partial charge on any atom is -0.341 e. The van der Waals surface area contributed by atoms with Crippen LogP contribution in [0.25, 0.3) is 0 Å². The van der Waals surface area contributed by atoms with E-state index in [1.165, 1.54) is 0 Å². The van der Waals surface area contributed by atoms with Crippen molar-refractivity contribution in [1.82, 2.24) is 10.2 Å². The molecule has 0 aromatic rings. The van der Waals surface area contributed by atoms with Crippen LogP contribution >= 0.6 is 11.8 Å². The van der Waals surface area contributed by atoms with E-state index in [4.69, 9.17) is 0 Å². The number of nitrogens with one attached hydrogen (secondary N) is 1. The number of nitrogens with zero attached hydrogens (tertiary/aromatic N) is 1. The highest BCUT2D eigenvalue weighted by atomic mass is 32.2. The SMILES string of the molecule is CSC(C)CCN1CCC(NC(C)C)C1=O. The van der Waals surface area contributed by atoms with Crippen LogP contribution in [0.1, 0.15) is 33.6 Å². The van der Waals surface area contributed by atoms with E-state index in [9.17, 15) is 4.79 Å². The third kappa shape index (κ3) is 3.98. The molecule has 1 aliphatic rings. The minimum atomic E-state index is 0.0598. The quantitative estimate of drug-likeness (QED) is 0.772. The first-order chi connectivity index (χ1) is 7.54. The fourth-order valence-corrected chi connectivity index (χ4v) is 2.31. The number of rotatable bonds is 6. The highest BCUT2D eigenvalue weighted by Crippen LogP contribution is 2.15. The molecule has 2 unspecified atom stereocenters. The molecule has 1 rings (SSSR count). The van der Waals surface area contributed by atoms with Gasteiger partial charge in [0.1, 0.15) is 0 Å². The molecule has 1 aliphatic heterocycles. The summed E-state index contributed by atoms with van der Waals surface area (Å²) >= 11 is 1.87. The van der Waals surface area contributed by atoms with Crippen LogP contribution in [-0.2, 0) is 4.79 Å². The van der Waals surface area contributed by atoms with Crippen LogP contribution in [0.3, 0.4) is 0 Å². The Balaban J connectivity index is 2.33. The van der Waals surface area contributed by atoms with Crippen molar-refractivity contribution in [1.29, 1.82) is 0 Å². The maximum Gasteiger partial charge on any atom is 0.239 e. The Morgan fingerprint density at radius 2 is 2.19 bits per heavy atom. The van der Waals surface area contributed by atoms with Gasteiger partial charge in [-0.1, -0.05) is 20.8 Å². The zero-order valence-electron chi connectivity index (χ0n) is 10.8. The molecule has 0 aromatic heterocycles. The van der Waals surface area contributed by atoms with Gasteiger partial charge in [0.25, 0.3) is 0 Å². The lowest BCUT2D eigenvalue weighted by molar-refractivity contribution is -0.129. The molecule has 0 spiro atoms. The van der Waals surface area contributed by atoms with Gasteiger partial charge in [0.2, 0.25) is 5.91 Å². The van der Waals surface area contributed by atoms with Gasteiger partial charge in [0, 0.05) is 24.4 Å². The van der Waals surface area contributed by atoms with Crippen LogP contribution < -0.4 is 5.32 Å². The second-order valence-corrected chi connectivity index (χ2v) is 6.10. The molecular weight excluding hydrogens is 220 g/mol. The third-order valence-electron chi connectivity index (χ3n) is 3.04. The largest absolute Gasteiger partial charge is 0.341 e. The number of likely N-dealkylation sites (tertiary alicyclic amines) is 1. The van der Waals surface area contributed by atoms with Gasteiger partial charge in [-0.25, -0.2) is 0 Å². The first kappa shape index (κ1) is 13.8. The normalized spacial score (nSPS) is 23.2. The number of hydrogen-bond donors (Lipinski definition) is 1. The lowest BCUT2D eigenvalue weighted by Gasteiger charge is -2.19. The van der Waals surface area contributed by atoms with E-state index in [1.807, 2.05) is 16.7 Å². The summed E-state index contributed by atoms with van der Waals surface area (Å²) in [5, 5.41) is 3.97. The van der Waals surface area contributed by atoms with Crippen LogP contribution in [-0.4, -0.2) is 47.5 Å². The standard InChI is InChI=1S/C12H24N2OS/c1-9(2)13-11-6-8-14(12(11)15)7-5-10(3)16-4/h9-11,13H,5-8H2,1-4H3. The summed E-state index contributed by atoms with van der Waals surface area (Å²) in [7, 11) is 0. The van der Waals surface area contributed by atoms with Gasteiger partial charge in [0.05, 0.1) is 6.04 Å². The molecule has 2 atom stereocenters. The second kappa shape index (κ2) is 6.50. The van der Waals surface area contributed by atoms with Gasteiger partial charge in [0.15, 0.2) is 0 Å². The van der Waals surface area contributed by atoms with Crippen molar-refractivity contribution < 1.29 is 4.79 Å². The monoisotopic (exact) mass is 244 g/mol. The molecule has 0 bridgehead atoms. The zero-order valence-corrected chi connectivity index (χ0v) is 11.6. The van der Waals surface area contributed by atoms with Crippen molar-refractivity contribution in [3.8, 4) is 0 Å². The topological polar surface area (TPSA) is 32.3 Å². The van der Waals surface area contributed by atoms with Crippen molar-refractivity contribution in [3.05, 3.63) is 0 Å². The van der Waals surface area contributed by atoms with Gasteiger partial charge in [-0.15, -0.1) is 0 Å². The summed E-state index contributed by atoms with van der Waals surface area (Å²) in [4.78, 5) is 14.0. The van der Waals surface area contributed by atoms with Crippen molar-refractivity contribution >= 4 is 17.7 Å². The molecule has 0 aromatic carbocycles. The summed E-state index contributed by atoms with van der Waals surface area (Å²) in [6.45, 7) is 8.23. The van der Waals surface area contributed by atoms with Crippen LogP contribution in [0.15, 0.2) is 0 Å². The summed E-state index contributed by atoms with van der Waals surface area (Å²) in [6, 6.07) is 0.448. The molecule has 1 amide bonds. The Morgan fingerprint density at radius 1 is 1.50 bits per heavy atom. The molecule has 1 heterocycles. The predicted octanol–water partition coefficient (Wildman–Crippen LogP) is 1.73. The van der Waals surface area contributed by atoms with Gasteiger partial charge in [-0.05, 0) is 19.1 Å². The number of amides is 1. The maximum absolute atomic E-state index is 12.0. The van der Waals surface area contributed by atoms with E-state index in [1.54, 1.807) is 0 Å². The Bertz CT molecular complexity index is 233. The Kier molecular flexibility index (Phi) is 5.62. The van der Waals surface area contributed by atoms with Crippen molar-refractivity contribution in [2.45, 2.75) is 50.9 Å². The van der Waals surface area contributed by atoms with E-state index >= 15 is 0 Å². The van der Waals surface area contributed by atoms with E-state index in [0.29, 0.717) is 17.2 Å². The average Bonchev–Trinajstić information content (AvgIpc) is 2.56. The van der Waals surface area contributed by atoms with Crippen molar-refractivity contribution in [2.24, 2.45) is 0 Å². The van der Waals surface area contributed by atoms with Gasteiger partial charge in [-0.3, -0.25) is 4.79 Å². The average molecular weight is 244 g/mol. The summed E-state index contributed by atoms with van der Waals surface area (Å²) in [5.41, 5.74) is 0. The third-order valence-corrected chi connectivity index (χ3v) is 4.08. The molecule has 0 saturated carbocycles. The fourth-order valence-electron chi connectivity index (χ4n) is 1.97. The number of hydrogen-bond acceptors (Lipinski definition) is 3. The van der Waals surface area contributed by atoms with E-state index < -0.39 is 0 Å². The maximum atomic E-state index is 12.0. The molecule has 1 N–H and O–H groups in total. The number of thioether (sulfide) groups is 1. The molecule has 16 heavy (non-hydrogen) atoms. The predicted molar refractivity (Wildman–Crippen MR) is 70.9 cm³/mol. The van der Waals surface area contributed by atoms with E-state index in [0.717, 1.165) is 25.9 Å². The van der Waals surface area contributed by atoms with Crippen LogP contribution in [0.5, 0.6) is 0 Å². The van der Waals surface area contributed by atoms with Gasteiger partial charge >= 0.3 is 0 Å².